The van der Waals surface area contributed by atoms with Crippen LogP contribution in [-0.2, 0) is 11.2 Å². The van der Waals surface area contributed by atoms with Gasteiger partial charge in [-0.3, -0.25) is 19.1 Å². The zero-order valence-corrected chi connectivity index (χ0v) is 26.4. The van der Waals surface area contributed by atoms with E-state index in [0.29, 0.717) is 5.56 Å². The highest BCUT2D eigenvalue weighted by Gasteiger charge is 2.27. The Kier molecular flexibility index (Phi) is 8.50. The van der Waals surface area contributed by atoms with Crippen molar-refractivity contribution in [3.05, 3.63) is 120 Å². The molecule has 47 heavy (non-hydrogen) atoms. The molecule has 0 fully saturated rings. The summed E-state index contributed by atoms with van der Waals surface area (Å²) in [5, 5.41) is 12.8. The number of hydrogen-bond donors (Lipinski definition) is 3. The van der Waals surface area contributed by atoms with E-state index in [1.807, 2.05) is 25.1 Å². The predicted molar refractivity (Wildman–Crippen MR) is 178 cm³/mol. The maximum atomic E-state index is 13.5. The molecule has 2 aromatic carbocycles. The standard InChI is InChI=1S/C33H29N7O6S/c1-4-19-6-10-23-21(14-19)8-7-20-13-18(2)5-9-22(20)28(23)24-15-40(32(43)38-29(24)42)25-11-12-34-30(35-25)39(3)16-26(41)36-31-37-27(17-47-31)46-33(44)45/h5-15,17,28H,4,16H2,1-3H3,(H,44,45)(H,36,37,41)(H,38,42,43). The molecule has 3 aromatic heterocycles. The van der Waals surface area contributed by atoms with Crippen LogP contribution in [0.1, 0.15) is 51.8 Å². The second kappa shape index (κ2) is 12.8. The summed E-state index contributed by atoms with van der Waals surface area (Å²) >= 11 is 1.00. The van der Waals surface area contributed by atoms with Crippen molar-refractivity contribution in [1.29, 1.82) is 0 Å². The molecule has 1 unspecified atom stereocenters. The summed E-state index contributed by atoms with van der Waals surface area (Å²) < 4.78 is 5.75. The minimum Gasteiger partial charge on any atom is -0.449 e. The summed E-state index contributed by atoms with van der Waals surface area (Å²) in [7, 11) is 1.60. The van der Waals surface area contributed by atoms with Gasteiger partial charge in [-0.25, -0.2) is 14.6 Å². The van der Waals surface area contributed by atoms with Crippen molar-refractivity contribution in [2.75, 3.05) is 23.8 Å². The number of H-pyrrole nitrogens is 1. The van der Waals surface area contributed by atoms with E-state index in [9.17, 15) is 19.2 Å². The van der Waals surface area contributed by atoms with E-state index in [0.717, 1.165) is 45.6 Å². The molecular formula is C33H29N7O6S. The van der Waals surface area contributed by atoms with Crippen molar-refractivity contribution in [2.45, 2.75) is 26.2 Å². The maximum Gasteiger partial charge on any atom is 0.512 e. The number of aryl methyl sites for hydroxylation is 2. The minimum atomic E-state index is -1.51. The smallest absolute Gasteiger partial charge is 0.449 e. The van der Waals surface area contributed by atoms with Gasteiger partial charge in [-0.2, -0.15) is 9.97 Å². The number of likely N-dealkylation sites (N-methyl/N-ethyl adjacent to an activating group) is 1. The van der Waals surface area contributed by atoms with Crippen LogP contribution in [0.15, 0.2) is 69.8 Å². The maximum absolute atomic E-state index is 13.5. The molecule has 13 nitrogen and oxygen atoms in total. The monoisotopic (exact) mass is 651 g/mol. The fraction of sp³-hybridized carbons (Fsp3) is 0.182. The van der Waals surface area contributed by atoms with E-state index in [1.165, 1.54) is 38.9 Å². The number of thiazole rings is 1. The number of aromatic nitrogens is 5. The number of benzene rings is 2. The molecule has 1 amide bonds. The summed E-state index contributed by atoms with van der Waals surface area (Å²) in [5.74, 6) is -0.763. The molecule has 14 heteroatoms. The molecule has 0 saturated heterocycles. The molecule has 1 aliphatic carbocycles. The lowest BCUT2D eigenvalue weighted by atomic mass is 9.82. The number of fused-ring (bicyclic) bond motifs is 2. The SMILES string of the molecule is CCc1ccc2c(c1)C=Cc1cc(C)ccc1C2c1cn(-c2ccnc(N(C)CC(=O)Nc3nc(OC(=O)O)cs3)n2)c(=O)[nH]c1=O. The Labute approximate surface area is 271 Å². The van der Waals surface area contributed by atoms with Crippen LogP contribution in [0.4, 0.5) is 15.9 Å². The number of nitrogens with one attached hydrogen (secondary N) is 2. The average molecular weight is 652 g/mol. The lowest BCUT2D eigenvalue weighted by molar-refractivity contribution is -0.114. The normalized spacial score (nSPS) is 13.3. The van der Waals surface area contributed by atoms with Gasteiger partial charge in [0.05, 0.1) is 11.9 Å². The van der Waals surface area contributed by atoms with Gasteiger partial charge in [-0.1, -0.05) is 61.0 Å². The minimum absolute atomic E-state index is 0.142. The Hall–Kier alpha value is -5.89. The lowest BCUT2D eigenvalue weighted by Gasteiger charge is -2.22. The first-order valence-electron chi connectivity index (χ1n) is 14.6. The first-order chi connectivity index (χ1) is 22.6. The van der Waals surface area contributed by atoms with Gasteiger partial charge in [0.15, 0.2) is 5.13 Å². The number of carbonyl (C=O) groups is 2. The highest BCUT2D eigenvalue weighted by Crippen LogP contribution is 2.38. The second-order valence-corrected chi connectivity index (χ2v) is 11.8. The number of carboxylic acid groups (broad SMARTS) is 1. The third-order valence-electron chi connectivity index (χ3n) is 7.67. The van der Waals surface area contributed by atoms with Crippen LogP contribution in [0.25, 0.3) is 18.0 Å². The molecule has 0 aliphatic heterocycles. The van der Waals surface area contributed by atoms with Gasteiger partial charge in [0.25, 0.3) is 5.56 Å². The average Bonchev–Trinajstić information content (AvgIpc) is 3.40. The molecule has 0 radical (unpaired) electrons. The quantitative estimate of drug-likeness (QED) is 0.200. The van der Waals surface area contributed by atoms with E-state index in [-0.39, 0.29) is 29.3 Å². The number of hydrogen-bond acceptors (Lipinski definition) is 10. The van der Waals surface area contributed by atoms with Gasteiger partial charge in [-0.15, -0.1) is 11.3 Å². The molecule has 1 aliphatic rings. The third-order valence-corrected chi connectivity index (χ3v) is 8.40. The first-order valence-corrected chi connectivity index (χ1v) is 15.5. The van der Waals surface area contributed by atoms with E-state index in [1.54, 1.807) is 7.05 Å². The van der Waals surface area contributed by atoms with Gasteiger partial charge in [0, 0.05) is 37.0 Å². The number of ether oxygens (including phenoxy) is 1. The summed E-state index contributed by atoms with van der Waals surface area (Å²) in [6.07, 6.45) is 6.45. The van der Waals surface area contributed by atoms with Gasteiger partial charge < -0.3 is 20.1 Å². The molecule has 3 heterocycles. The number of amides is 1. The van der Waals surface area contributed by atoms with Crippen LogP contribution in [0, 0.1) is 6.92 Å². The zero-order valence-electron chi connectivity index (χ0n) is 25.6. The number of rotatable bonds is 8. The summed E-state index contributed by atoms with van der Waals surface area (Å²) in [6, 6.07) is 13.9. The van der Waals surface area contributed by atoms with E-state index in [4.69, 9.17) is 5.11 Å². The summed E-state index contributed by atoms with van der Waals surface area (Å²) in [4.78, 5) is 66.7. The number of carbonyl (C=O) groups excluding carboxylic acids is 1. The highest BCUT2D eigenvalue weighted by molar-refractivity contribution is 7.14. The molecule has 5 aromatic rings. The Balaban J connectivity index is 1.33. The molecular weight excluding hydrogens is 622 g/mol. The van der Waals surface area contributed by atoms with Crippen LogP contribution in [0.5, 0.6) is 5.88 Å². The third kappa shape index (κ3) is 6.58. The van der Waals surface area contributed by atoms with Crippen molar-refractivity contribution in [1.82, 2.24) is 24.5 Å². The molecule has 0 spiro atoms. The van der Waals surface area contributed by atoms with Crippen LogP contribution >= 0.6 is 11.3 Å². The fourth-order valence-electron chi connectivity index (χ4n) is 5.45. The molecule has 3 N–H and O–H groups in total. The van der Waals surface area contributed by atoms with Crippen molar-refractivity contribution >= 4 is 46.6 Å². The van der Waals surface area contributed by atoms with Crippen molar-refractivity contribution in [3.8, 4) is 11.7 Å². The highest BCUT2D eigenvalue weighted by atomic mass is 32.1. The van der Waals surface area contributed by atoms with E-state index < -0.39 is 29.2 Å². The van der Waals surface area contributed by atoms with Crippen LogP contribution in [-0.4, -0.2) is 55.3 Å². The molecule has 6 rings (SSSR count). The predicted octanol–water partition coefficient (Wildman–Crippen LogP) is 4.44. The Morgan fingerprint density at radius 1 is 1.06 bits per heavy atom. The van der Waals surface area contributed by atoms with E-state index in [2.05, 4.69) is 67.3 Å². The number of anilines is 2. The van der Waals surface area contributed by atoms with Gasteiger partial charge in [-0.05, 0) is 41.2 Å². The van der Waals surface area contributed by atoms with Crippen molar-refractivity contribution < 1.29 is 19.4 Å². The fourth-order valence-corrected chi connectivity index (χ4v) is 6.08. The first kappa shape index (κ1) is 31.1. The Morgan fingerprint density at radius 3 is 2.55 bits per heavy atom. The topological polar surface area (TPSA) is 172 Å². The van der Waals surface area contributed by atoms with Gasteiger partial charge in [0.2, 0.25) is 17.7 Å². The van der Waals surface area contributed by atoms with Gasteiger partial charge in [0.1, 0.15) is 5.82 Å². The van der Waals surface area contributed by atoms with E-state index >= 15 is 0 Å². The number of nitrogens with zero attached hydrogens (tertiary/aromatic N) is 5. The molecule has 238 valence electrons. The summed E-state index contributed by atoms with van der Waals surface area (Å²) in [5.41, 5.74) is 5.29. The molecule has 0 bridgehead atoms. The van der Waals surface area contributed by atoms with Crippen LogP contribution in [0.3, 0.4) is 0 Å². The van der Waals surface area contributed by atoms with Crippen LogP contribution < -0.4 is 26.2 Å². The van der Waals surface area contributed by atoms with Crippen molar-refractivity contribution in [2.24, 2.45) is 0 Å². The summed E-state index contributed by atoms with van der Waals surface area (Å²) in [6.45, 7) is 3.92. The van der Waals surface area contributed by atoms with Crippen molar-refractivity contribution in [3.63, 3.8) is 0 Å². The van der Waals surface area contributed by atoms with Gasteiger partial charge >= 0.3 is 11.8 Å². The molecule has 0 saturated carbocycles. The zero-order chi connectivity index (χ0) is 33.2. The lowest BCUT2D eigenvalue weighted by Crippen LogP contribution is -2.34. The second-order valence-electron chi connectivity index (χ2n) is 10.9. The molecule has 1 atom stereocenters. The number of aromatic amines is 1. The Morgan fingerprint density at radius 2 is 1.81 bits per heavy atom. The largest absolute Gasteiger partial charge is 0.512 e. The Bertz CT molecular complexity index is 2170. The van der Waals surface area contributed by atoms with Crippen LogP contribution in [0.2, 0.25) is 0 Å².